The lowest BCUT2D eigenvalue weighted by atomic mass is 9.89. The number of aryl methyl sites for hydroxylation is 1. The number of benzene rings is 1. The fourth-order valence-electron chi connectivity index (χ4n) is 3.10. The second kappa shape index (κ2) is 10.0. The van der Waals surface area contributed by atoms with Crippen LogP contribution in [0, 0.1) is 18.7 Å². The third-order valence-corrected chi connectivity index (χ3v) is 4.60. The second-order valence-electron chi connectivity index (χ2n) is 6.56. The molecule has 0 radical (unpaired) electrons. The first-order valence-corrected chi connectivity index (χ1v) is 9.07. The Morgan fingerprint density at radius 2 is 1.88 bits per heavy atom. The van der Waals surface area contributed by atoms with Crippen LogP contribution in [0.25, 0.3) is 0 Å². The minimum Gasteiger partial charge on any atom is -0.355 e. The fourth-order valence-corrected chi connectivity index (χ4v) is 3.10. The molecule has 1 aliphatic carbocycles. The molecule has 0 spiro atoms. The average molecular weight is 348 g/mol. The summed E-state index contributed by atoms with van der Waals surface area (Å²) in [5.41, 5.74) is 1.63. The lowest BCUT2D eigenvalue weighted by molar-refractivity contribution is -0.125. The van der Waals surface area contributed by atoms with Crippen molar-refractivity contribution in [2.45, 2.75) is 45.6 Å². The number of amides is 1. The van der Waals surface area contributed by atoms with Crippen LogP contribution in [0.3, 0.4) is 0 Å². The SMILES string of the molecule is CN=C(NCCNC(=O)C1CCCCC1)NCc1ccc(F)c(C)c1. The minimum absolute atomic E-state index is 0.172. The number of guanidine groups is 1. The summed E-state index contributed by atoms with van der Waals surface area (Å²) in [5, 5.41) is 9.36. The molecular weight excluding hydrogens is 319 g/mol. The van der Waals surface area contributed by atoms with Crippen molar-refractivity contribution in [3.05, 3.63) is 35.1 Å². The minimum atomic E-state index is -0.194. The van der Waals surface area contributed by atoms with Gasteiger partial charge in [0.2, 0.25) is 5.91 Å². The van der Waals surface area contributed by atoms with Gasteiger partial charge in [-0.25, -0.2) is 4.39 Å². The molecule has 1 aliphatic rings. The second-order valence-corrected chi connectivity index (χ2v) is 6.56. The molecule has 0 aromatic heterocycles. The lowest BCUT2D eigenvalue weighted by Gasteiger charge is -2.21. The number of carbonyl (C=O) groups is 1. The number of hydrogen-bond donors (Lipinski definition) is 3. The normalized spacial score (nSPS) is 15.7. The number of carbonyl (C=O) groups excluding carboxylic acids is 1. The molecule has 25 heavy (non-hydrogen) atoms. The van der Waals surface area contributed by atoms with Gasteiger partial charge in [0.05, 0.1) is 0 Å². The number of aliphatic imine (C=N–C) groups is 1. The van der Waals surface area contributed by atoms with Gasteiger partial charge in [-0.1, -0.05) is 31.4 Å². The van der Waals surface area contributed by atoms with Crippen LogP contribution in [0.1, 0.15) is 43.2 Å². The third-order valence-electron chi connectivity index (χ3n) is 4.60. The predicted molar refractivity (Wildman–Crippen MR) is 98.9 cm³/mol. The molecule has 1 fully saturated rings. The molecule has 0 heterocycles. The molecule has 0 aliphatic heterocycles. The van der Waals surface area contributed by atoms with Crippen LogP contribution >= 0.6 is 0 Å². The van der Waals surface area contributed by atoms with Gasteiger partial charge in [-0.2, -0.15) is 0 Å². The summed E-state index contributed by atoms with van der Waals surface area (Å²) in [7, 11) is 1.70. The first-order chi connectivity index (χ1) is 12.1. The lowest BCUT2D eigenvalue weighted by Crippen LogP contribution is -2.42. The zero-order valence-corrected chi connectivity index (χ0v) is 15.2. The van der Waals surface area contributed by atoms with E-state index in [2.05, 4.69) is 20.9 Å². The van der Waals surface area contributed by atoms with E-state index in [9.17, 15) is 9.18 Å². The van der Waals surface area contributed by atoms with E-state index in [-0.39, 0.29) is 17.6 Å². The Morgan fingerprint density at radius 1 is 1.16 bits per heavy atom. The molecule has 138 valence electrons. The van der Waals surface area contributed by atoms with E-state index in [1.807, 2.05) is 6.07 Å². The van der Waals surface area contributed by atoms with Gasteiger partial charge in [-0.15, -0.1) is 0 Å². The van der Waals surface area contributed by atoms with Crippen molar-refractivity contribution in [3.63, 3.8) is 0 Å². The monoisotopic (exact) mass is 348 g/mol. The third kappa shape index (κ3) is 6.36. The highest BCUT2D eigenvalue weighted by atomic mass is 19.1. The summed E-state index contributed by atoms with van der Waals surface area (Å²) >= 11 is 0. The highest BCUT2D eigenvalue weighted by Gasteiger charge is 2.20. The van der Waals surface area contributed by atoms with Gasteiger partial charge in [0.25, 0.3) is 0 Å². The Hall–Kier alpha value is -2.11. The molecule has 1 aromatic rings. The molecule has 2 rings (SSSR count). The van der Waals surface area contributed by atoms with Gasteiger partial charge < -0.3 is 16.0 Å². The van der Waals surface area contributed by atoms with Crippen LogP contribution < -0.4 is 16.0 Å². The zero-order valence-electron chi connectivity index (χ0n) is 15.2. The topological polar surface area (TPSA) is 65.5 Å². The van der Waals surface area contributed by atoms with E-state index in [1.54, 1.807) is 20.0 Å². The van der Waals surface area contributed by atoms with Gasteiger partial charge in [0.1, 0.15) is 5.82 Å². The quantitative estimate of drug-likeness (QED) is 0.420. The van der Waals surface area contributed by atoms with Gasteiger partial charge in [-0.3, -0.25) is 9.79 Å². The molecule has 0 unspecified atom stereocenters. The van der Waals surface area contributed by atoms with E-state index in [4.69, 9.17) is 0 Å². The van der Waals surface area contributed by atoms with Crippen molar-refractivity contribution >= 4 is 11.9 Å². The smallest absolute Gasteiger partial charge is 0.223 e. The Kier molecular flexibility index (Phi) is 7.70. The van der Waals surface area contributed by atoms with E-state index >= 15 is 0 Å². The molecule has 3 N–H and O–H groups in total. The van der Waals surface area contributed by atoms with E-state index in [1.165, 1.54) is 12.5 Å². The van der Waals surface area contributed by atoms with Gasteiger partial charge >= 0.3 is 0 Å². The summed E-state index contributed by atoms with van der Waals surface area (Å²) in [6.07, 6.45) is 5.60. The zero-order chi connectivity index (χ0) is 18.1. The fraction of sp³-hybridized carbons (Fsp3) is 0.579. The van der Waals surface area contributed by atoms with Crippen molar-refractivity contribution in [2.75, 3.05) is 20.1 Å². The predicted octanol–water partition coefficient (Wildman–Crippen LogP) is 2.50. The standard InChI is InChI=1S/C19H29FN4O/c1-14-12-15(8-9-17(14)20)13-24-19(21-2)23-11-10-22-18(25)16-6-4-3-5-7-16/h8-9,12,16H,3-7,10-11,13H2,1-2H3,(H,22,25)(H2,21,23,24). The summed E-state index contributed by atoms with van der Waals surface area (Å²) in [4.78, 5) is 16.2. The van der Waals surface area contributed by atoms with Crippen molar-refractivity contribution < 1.29 is 9.18 Å². The Morgan fingerprint density at radius 3 is 2.56 bits per heavy atom. The summed E-state index contributed by atoms with van der Waals surface area (Å²) in [6, 6.07) is 5.05. The van der Waals surface area contributed by atoms with Gasteiger partial charge in [0, 0.05) is 32.6 Å². The molecule has 0 bridgehead atoms. The average Bonchev–Trinajstić information content (AvgIpc) is 2.64. The number of nitrogens with one attached hydrogen (secondary N) is 3. The summed E-state index contributed by atoms with van der Waals surface area (Å²) < 4.78 is 13.3. The maximum atomic E-state index is 13.3. The summed E-state index contributed by atoms with van der Waals surface area (Å²) in [5.74, 6) is 0.827. The first kappa shape index (κ1) is 19.2. The van der Waals surface area contributed by atoms with E-state index in [0.29, 0.717) is 31.2 Å². The Bertz CT molecular complexity index is 597. The van der Waals surface area contributed by atoms with Crippen LogP contribution in [0.5, 0.6) is 0 Å². The number of hydrogen-bond acceptors (Lipinski definition) is 2. The van der Waals surface area contributed by atoms with Crippen LogP contribution in [-0.4, -0.2) is 32.0 Å². The molecule has 5 nitrogen and oxygen atoms in total. The molecule has 0 atom stereocenters. The number of nitrogens with zero attached hydrogens (tertiary/aromatic N) is 1. The Balaban J connectivity index is 1.66. The molecule has 1 saturated carbocycles. The molecule has 1 amide bonds. The van der Waals surface area contributed by atoms with Crippen molar-refractivity contribution in [3.8, 4) is 0 Å². The maximum absolute atomic E-state index is 13.3. The molecule has 6 heteroatoms. The van der Waals surface area contributed by atoms with Crippen LogP contribution in [0.4, 0.5) is 4.39 Å². The van der Waals surface area contributed by atoms with Crippen molar-refractivity contribution in [2.24, 2.45) is 10.9 Å². The van der Waals surface area contributed by atoms with Crippen LogP contribution in [-0.2, 0) is 11.3 Å². The maximum Gasteiger partial charge on any atom is 0.223 e. The van der Waals surface area contributed by atoms with E-state index in [0.717, 1.165) is 31.2 Å². The highest BCUT2D eigenvalue weighted by Crippen LogP contribution is 2.23. The van der Waals surface area contributed by atoms with Gasteiger partial charge in [-0.05, 0) is 37.0 Å². The highest BCUT2D eigenvalue weighted by molar-refractivity contribution is 5.80. The van der Waals surface area contributed by atoms with Crippen LogP contribution in [0.2, 0.25) is 0 Å². The number of halogens is 1. The molecular formula is C19H29FN4O. The Labute approximate surface area is 149 Å². The van der Waals surface area contributed by atoms with Crippen LogP contribution in [0.15, 0.2) is 23.2 Å². The van der Waals surface area contributed by atoms with E-state index < -0.39 is 0 Å². The van der Waals surface area contributed by atoms with Crippen molar-refractivity contribution in [1.29, 1.82) is 0 Å². The number of rotatable bonds is 6. The molecule has 0 saturated heterocycles. The van der Waals surface area contributed by atoms with Gasteiger partial charge in [0.15, 0.2) is 5.96 Å². The largest absolute Gasteiger partial charge is 0.355 e. The van der Waals surface area contributed by atoms with Crippen molar-refractivity contribution in [1.82, 2.24) is 16.0 Å². The first-order valence-electron chi connectivity index (χ1n) is 9.07. The summed E-state index contributed by atoms with van der Waals surface area (Å²) in [6.45, 7) is 3.50. The molecule has 1 aromatic carbocycles.